The van der Waals surface area contributed by atoms with Gasteiger partial charge in [-0.05, 0) is 52.8 Å². The first kappa shape index (κ1) is 21.8. The number of ether oxygens (including phenoxy) is 1. The van der Waals surface area contributed by atoms with Gasteiger partial charge < -0.3 is 4.74 Å². The zero-order chi connectivity index (χ0) is 20.8. The smallest absolute Gasteiger partial charge is 0.412 e. The molecule has 2 rings (SSSR count). The quantitative estimate of drug-likeness (QED) is 0.477. The Morgan fingerprint density at radius 1 is 1.30 bits per heavy atom. The van der Waals surface area contributed by atoms with E-state index in [1.165, 1.54) is 6.07 Å². The zero-order valence-corrected chi connectivity index (χ0v) is 16.7. The molecule has 3 atom stereocenters. The molecule has 1 aromatic carbocycles. The normalized spacial score (nSPS) is 30.7. The Balaban J connectivity index is 2.39. The second-order valence-corrected chi connectivity index (χ2v) is 8.67. The Morgan fingerprint density at radius 2 is 1.89 bits per heavy atom. The van der Waals surface area contributed by atoms with Crippen molar-refractivity contribution in [1.29, 1.82) is 0 Å². The molecule has 1 fully saturated rings. The van der Waals surface area contributed by atoms with Crippen LogP contribution in [-0.2, 0) is 10.3 Å². The fourth-order valence-electron chi connectivity index (χ4n) is 2.92. The van der Waals surface area contributed by atoms with Gasteiger partial charge in [-0.3, -0.25) is 10.6 Å². The Labute approximate surface area is 161 Å². The minimum atomic E-state index is -3.61. The molecule has 1 aliphatic rings. The Kier molecular flexibility index (Phi) is 5.53. The van der Waals surface area contributed by atoms with Crippen molar-refractivity contribution in [2.75, 3.05) is 5.32 Å². The van der Waals surface area contributed by atoms with E-state index in [9.17, 15) is 22.4 Å². The number of nitrogens with one attached hydrogen (secondary N) is 2. The summed E-state index contributed by atoms with van der Waals surface area (Å²) >= 11 is 4.01. The number of hydrogen-bond donors (Lipinski definition) is 3. The molecule has 0 bridgehead atoms. The zero-order valence-electron chi connectivity index (χ0n) is 15.8. The van der Waals surface area contributed by atoms with Crippen molar-refractivity contribution >= 4 is 24.4 Å². The maximum Gasteiger partial charge on any atom is 0.412 e. The maximum absolute atomic E-state index is 14.8. The summed E-state index contributed by atoms with van der Waals surface area (Å²) in [4.78, 5) is 11.9. The number of anilines is 1. The molecule has 0 radical (unpaired) electrons. The van der Waals surface area contributed by atoms with Gasteiger partial charge in [0.15, 0.2) is 0 Å². The number of amides is 1. The fraction of sp³-hybridized carbons (Fsp3) is 0.611. The SMILES string of the molecule is CC(C)(C)OC(=O)Nc1ccc(F)c([C@@]2(C)NC(S)[C@@](C)(F)CC2(F)F)c1. The number of alkyl halides is 3. The van der Waals surface area contributed by atoms with Crippen LogP contribution in [0.2, 0.25) is 0 Å². The number of carbonyl (C=O) groups is 1. The summed E-state index contributed by atoms with van der Waals surface area (Å²) in [5, 5.41) is 3.56. The monoisotopic (exact) mass is 408 g/mol. The molecule has 1 heterocycles. The van der Waals surface area contributed by atoms with Gasteiger partial charge in [0.05, 0.1) is 5.37 Å². The van der Waals surface area contributed by atoms with E-state index in [1.807, 2.05) is 0 Å². The van der Waals surface area contributed by atoms with Crippen molar-refractivity contribution < 1.29 is 27.1 Å². The number of piperidine rings is 1. The average molecular weight is 408 g/mol. The van der Waals surface area contributed by atoms with Gasteiger partial charge in [-0.2, -0.15) is 12.6 Å². The van der Waals surface area contributed by atoms with Gasteiger partial charge in [0, 0.05) is 17.7 Å². The van der Waals surface area contributed by atoms with E-state index in [2.05, 4.69) is 23.3 Å². The topological polar surface area (TPSA) is 50.4 Å². The third kappa shape index (κ3) is 4.51. The molecule has 1 saturated heterocycles. The van der Waals surface area contributed by atoms with Crippen LogP contribution in [0.1, 0.15) is 46.6 Å². The summed E-state index contributed by atoms with van der Waals surface area (Å²) in [5.74, 6) is -4.52. The highest BCUT2D eigenvalue weighted by Crippen LogP contribution is 2.50. The highest BCUT2D eigenvalue weighted by molar-refractivity contribution is 7.81. The van der Waals surface area contributed by atoms with Crippen LogP contribution >= 0.6 is 12.6 Å². The lowest BCUT2D eigenvalue weighted by Crippen LogP contribution is -2.67. The summed E-state index contributed by atoms with van der Waals surface area (Å²) in [6.45, 7) is 7.09. The molecule has 1 amide bonds. The molecule has 2 N–H and O–H groups in total. The fourth-order valence-corrected chi connectivity index (χ4v) is 3.27. The van der Waals surface area contributed by atoms with Crippen molar-refractivity contribution in [1.82, 2.24) is 5.32 Å². The lowest BCUT2D eigenvalue weighted by atomic mass is 9.76. The summed E-state index contributed by atoms with van der Waals surface area (Å²) in [7, 11) is 0. The molecule has 0 spiro atoms. The largest absolute Gasteiger partial charge is 0.444 e. The van der Waals surface area contributed by atoms with Crippen LogP contribution in [0.5, 0.6) is 0 Å². The van der Waals surface area contributed by atoms with Gasteiger partial charge in [0.1, 0.15) is 22.6 Å². The molecule has 0 saturated carbocycles. The van der Waals surface area contributed by atoms with Crippen LogP contribution in [-0.4, -0.2) is 28.7 Å². The minimum Gasteiger partial charge on any atom is -0.444 e. The molecule has 0 aromatic heterocycles. The average Bonchev–Trinajstić information content (AvgIpc) is 2.44. The van der Waals surface area contributed by atoms with E-state index >= 15 is 0 Å². The van der Waals surface area contributed by atoms with Gasteiger partial charge >= 0.3 is 6.09 Å². The van der Waals surface area contributed by atoms with Crippen molar-refractivity contribution in [3.8, 4) is 0 Å². The molecular weight excluding hydrogens is 384 g/mol. The first-order valence-electron chi connectivity index (χ1n) is 8.40. The molecule has 0 aliphatic carbocycles. The number of rotatable bonds is 2. The number of thiol groups is 1. The van der Waals surface area contributed by atoms with E-state index in [0.717, 1.165) is 26.0 Å². The van der Waals surface area contributed by atoms with E-state index in [1.54, 1.807) is 20.8 Å². The molecule has 4 nitrogen and oxygen atoms in total. The predicted octanol–water partition coefficient (Wildman–Crippen LogP) is 5.00. The standard InChI is InChI=1S/C18H24F4N2O2S/c1-15(2,3)26-14(25)23-10-6-7-12(19)11(8-10)17(5)18(21,22)9-16(4,20)13(27)24-17/h6-8,13,24,27H,9H2,1-5H3,(H,23,25)/t13?,16-,17+/m0/s1. The van der Waals surface area contributed by atoms with Crippen LogP contribution in [0.25, 0.3) is 0 Å². The summed E-state index contributed by atoms with van der Waals surface area (Å²) in [6, 6.07) is 3.27. The van der Waals surface area contributed by atoms with Crippen LogP contribution in [0.15, 0.2) is 18.2 Å². The van der Waals surface area contributed by atoms with Crippen LogP contribution in [0, 0.1) is 5.82 Å². The molecule has 9 heteroatoms. The molecular formula is C18H24F4N2O2S. The van der Waals surface area contributed by atoms with Crippen LogP contribution in [0.4, 0.5) is 28.0 Å². The molecule has 152 valence electrons. The van der Waals surface area contributed by atoms with E-state index in [-0.39, 0.29) is 5.69 Å². The molecule has 1 aliphatic heterocycles. The number of hydrogen-bond acceptors (Lipinski definition) is 4. The first-order valence-corrected chi connectivity index (χ1v) is 8.92. The Morgan fingerprint density at radius 3 is 2.44 bits per heavy atom. The molecule has 27 heavy (non-hydrogen) atoms. The second kappa shape index (κ2) is 6.84. The van der Waals surface area contributed by atoms with Crippen molar-refractivity contribution in [2.24, 2.45) is 0 Å². The predicted molar refractivity (Wildman–Crippen MR) is 98.6 cm³/mol. The molecule has 1 aromatic rings. The molecule has 1 unspecified atom stereocenters. The highest BCUT2D eigenvalue weighted by atomic mass is 32.1. The van der Waals surface area contributed by atoms with Gasteiger partial charge in [-0.25, -0.2) is 22.4 Å². The van der Waals surface area contributed by atoms with E-state index in [0.29, 0.717) is 0 Å². The van der Waals surface area contributed by atoms with E-state index < -0.39 is 52.0 Å². The number of carbonyl (C=O) groups excluding carboxylic acids is 1. The lowest BCUT2D eigenvalue weighted by molar-refractivity contribution is -0.154. The van der Waals surface area contributed by atoms with Crippen molar-refractivity contribution in [2.45, 2.75) is 69.1 Å². The van der Waals surface area contributed by atoms with Gasteiger partial charge in [-0.1, -0.05) is 0 Å². The Hall–Kier alpha value is -1.48. The Bertz CT molecular complexity index is 737. The minimum absolute atomic E-state index is 0.0729. The highest BCUT2D eigenvalue weighted by Gasteiger charge is 2.62. The van der Waals surface area contributed by atoms with Gasteiger partial charge in [0.25, 0.3) is 5.92 Å². The summed E-state index contributed by atoms with van der Waals surface area (Å²) in [5.41, 5.74) is -5.60. The summed E-state index contributed by atoms with van der Waals surface area (Å²) < 4.78 is 63.5. The van der Waals surface area contributed by atoms with Crippen molar-refractivity contribution in [3.63, 3.8) is 0 Å². The van der Waals surface area contributed by atoms with Crippen LogP contribution < -0.4 is 10.6 Å². The third-order valence-electron chi connectivity index (χ3n) is 4.45. The van der Waals surface area contributed by atoms with Crippen molar-refractivity contribution in [3.05, 3.63) is 29.6 Å². The summed E-state index contributed by atoms with van der Waals surface area (Å²) in [6.07, 6.45) is -1.93. The van der Waals surface area contributed by atoms with Crippen LogP contribution in [0.3, 0.4) is 0 Å². The third-order valence-corrected chi connectivity index (χ3v) is 5.11. The lowest BCUT2D eigenvalue weighted by Gasteiger charge is -2.49. The van der Waals surface area contributed by atoms with Gasteiger partial charge in [-0.15, -0.1) is 0 Å². The van der Waals surface area contributed by atoms with Gasteiger partial charge in [0.2, 0.25) is 0 Å². The first-order chi connectivity index (χ1) is 12.1. The maximum atomic E-state index is 14.8. The van der Waals surface area contributed by atoms with E-state index in [4.69, 9.17) is 4.74 Å². The second-order valence-electron chi connectivity index (χ2n) is 8.15. The number of benzene rings is 1. The number of halogens is 4.